The first kappa shape index (κ1) is 17.6. The predicted molar refractivity (Wildman–Crippen MR) is 101 cm³/mol. The van der Waals surface area contributed by atoms with Crippen LogP contribution in [0.15, 0.2) is 43.0 Å². The van der Waals surface area contributed by atoms with Crippen LogP contribution in [0.4, 0.5) is 0 Å². The van der Waals surface area contributed by atoms with Crippen molar-refractivity contribution in [3.8, 4) is 11.1 Å². The van der Waals surface area contributed by atoms with Crippen molar-refractivity contribution in [1.29, 1.82) is 0 Å². The summed E-state index contributed by atoms with van der Waals surface area (Å²) in [6.45, 7) is 1.49. The Bertz CT molecular complexity index is 939. The Morgan fingerprint density at radius 1 is 1.30 bits per heavy atom. The van der Waals surface area contributed by atoms with E-state index < -0.39 is 0 Å². The minimum Gasteiger partial charge on any atom is -0.385 e. The van der Waals surface area contributed by atoms with Gasteiger partial charge in [-0.2, -0.15) is 0 Å². The van der Waals surface area contributed by atoms with Gasteiger partial charge in [0.2, 0.25) is 0 Å². The van der Waals surface area contributed by atoms with Crippen molar-refractivity contribution < 1.29 is 9.53 Å². The van der Waals surface area contributed by atoms with Crippen LogP contribution < -0.4 is 0 Å². The Balaban J connectivity index is 1.59. The largest absolute Gasteiger partial charge is 0.385 e. The molecule has 1 aliphatic heterocycles. The Morgan fingerprint density at radius 2 is 2.22 bits per heavy atom. The summed E-state index contributed by atoms with van der Waals surface area (Å²) >= 11 is 0. The third-order valence-corrected chi connectivity index (χ3v) is 5.14. The highest BCUT2D eigenvalue weighted by atomic mass is 16.5. The molecule has 3 heterocycles. The van der Waals surface area contributed by atoms with E-state index in [-0.39, 0.29) is 11.9 Å². The molecule has 0 N–H and O–H groups in total. The number of hydrogen-bond donors (Lipinski definition) is 0. The molecule has 4 rings (SSSR count). The Kier molecular flexibility index (Phi) is 5.11. The van der Waals surface area contributed by atoms with Crippen molar-refractivity contribution in [2.24, 2.45) is 0 Å². The van der Waals surface area contributed by atoms with Crippen LogP contribution in [0.3, 0.4) is 0 Å². The first-order chi connectivity index (χ1) is 13.3. The number of nitrogens with zero attached hydrogens (tertiary/aromatic N) is 5. The number of ether oxygens (including phenoxy) is 1. The van der Waals surface area contributed by atoms with Crippen LogP contribution in [0.25, 0.3) is 16.9 Å². The van der Waals surface area contributed by atoms with Crippen molar-refractivity contribution >= 4 is 11.7 Å². The second-order valence-electron chi connectivity index (χ2n) is 6.89. The minimum atomic E-state index is 0.0935. The Labute approximate surface area is 158 Å². The molecule has 0 aliphatic carbocycles. The number of carbonyl (C=O) groups excluding carboxylic acids is 1. The molecular weight excluding hydrogens is 342 g/mol. The molecule has 1 amide bonds. The van der Waals surface area contributed by atoms with E-state index in [9.17, 15) is 4.79 Å². The van der Waals surface area contributed by atoms with Gasteiger partial charge in [-0.25, -0.2) is 4.98 Å². The highest BCUT2D eigenvalue weighted by molar-refractivity contribution is 5.95. The molecule has 0 saturated carbocycles. The number of benzene rings is 1. The van der Waals surface area contributed by atoms with Crippen molar-refractivity contribution in [2.75, 3.05) is 20.3 Å². The second kappa shape index (κ2) is 7.84. The summed E-state index contributed by atoms with van der Waals surface area (Å²) in [4.78, 5) is 19.5. The van der Waals surface area contributed by atoms with E-state index in [0.29, 0.717) is 17.9 Å². The molecule has 1 saturated heterocycles. The van der Waals surface area contributed by atoms with Crippen molar-refractivity contribution in [3.63, 3.8) is 0 Å². The molecule has 0 bridgehead atoms. The number of fused-ring (bicyclic) bond motifs is 1. The molecule has 0 radical (unpaired) electrons. The zero-order valence-electron chi connectivity index (χ0n) is 15.4. The van der Waals surface area contributed by atoms with Gasteiger partial charge in [0, 0.05) is 49.8 Å². The van der Waals surface area contributed by atoms with Gasteiger partial charge in [0.15, 0.2) is 0 Å². The predicted octanol–water partition coefficient (Wildman–Crippen LogP) is 2.82. The fourth-order valence-electron chi connectivity index (χ4n) is 3.70. The summed E-state index contributed by atoms with van der Waals surface area (Å²) in [6, 6.07) is 8.00. The van der Waals surface area contributed by atoms with E-state index in [1.165, 1.54) is 6.42 Å². The highest BCUT2D eigenvalue weighted by Crippen LogP contribution is 2.25. The molecule has 1 aliphatic rings. The average molecular weight is 365 g/mol. The van der Waals surface area contributed by atoms with E-state index in [1.807, 2.05) is 35.4 Å². The standard InChI is InChI=1S/C20H23N5O2/c1-27-10-8-18-7-2-3-9-25(18)19(26)16-6-4-5-15(11-16)17-12-21-20-23-22-14-24(20)13-17/h4-6,11-14,18H,2-3,7-10H2,1H3/t18-/m0/s1. The molecule has 1 atom stereocenters. The van der Waals surface area contributed by atoms with Gasteiger partial charge in [-0.05, 0) is 43.4 Å². The van der Waals surface area contributed by atoms with E-state index >= 15 is 0 Å². The molecule has 0 spiro atoms. The lowest BCUT2D eigenvalue weighted by atomic mass is 9.97. The molecule has 7 nitrogen and oxygen atoms in total. The molecule has 27 heavy (non-hydrogen) atoms. The quantitative estimate of drug-likeness (QED) is 0.695. The van der Waals surface area contributed by atoms with Crippen molar-refractivity contribution in [3.05, 3.63) is 48.5 Å². The van der Waals surface area contributed by atoms with Gasteiger partial charge in [-0.3, -0.25) is 9.20 Å². The molecule has 7 heteroatoms. The summed E-state index contributed by atoms with van der Waals surface area (Å²) in [5, 5.41) is 7.78. The number of carbonyl (C=O) groups is 1. The average Bonchev–Trinajstić information content (AvgIpc) is 3.20. The zero-order chi connectivity index (χ0) is 18.6. The summed E-state index contributed by atoms with van der Waals surface area (Å²) in [7, 11) is 1.71. The van der Waals surface area contributed by atoms with Gasteiger partial charge >= 0.3 is 0 Å². The van der Waals surface area contributed by atoms with Crippen LogP contribution in [-0.4, -0.2) is 56.7 Å². The van der Waals surface area contributed by atoms with Crippen molar-refractivity contribution in [1.82, 2.24) is 24.5 Å². The number of piperidine rings is 1. The number of likely N-dealkylation sites (tertiary alicyclic amines) is 1. The van der Waals surface area contributed by atoms with Gasteiger partial charge in [0.05, 0.1) is 0 Å². The number of hydrogen-bond acceptors (Lipinski definition) is 5. The molecule has 3 aromatic rings. The van der Waals surface area contributed by atoms with E-state index in [4.69, 9.17) is 4.74 Å². The summed E-state index contributed by atoms with van der Waals surface area (Å²) < 4.78 is 7.00. The lowest BCUT2D eigenvalue weighted by molar-refractivity contribution is 0.0553. The molecule has 0 unspecified atom stereocenters. The topological polar surface area (TPSA) is 72.6 Å². The highest BCUT2D eigenvalue weighted by Gasteiger charge is 2.27. The smallest absolute Gasteiger partial charge is 0.254 e. The molecule has 1 aromatic carbocycles. The normalized spacial score (nSPS) is 17.4. The van der Waals surface area contributed by atoms with Crippen LogP contribution >= 0.6 is 0 Å². The minimum absolute atomic E-state index is 0.0935. The third kappa shape index (κ3) is 3.68. The molecule has 1 fully saturated rings. The van der Waals surface area contributed by atoms with Crippen LogP contribution in [0.5, 0.6) is 0 Å². The number of methoxy groups -OCH3 is 1. The SMILES string of the molecule is COCC[C@@H]1CCCCN1C(=O)c1cccc(-c2cnc3nncn3c2)c1. The fraction of sp³-hybridized carbons (Fsp3) is 0.400. The van der Waals surface area contributed by atoms with E-state index in [0.717, 1.165) is 36.9 Å². The first-order valence-corrected chi connectivity index (χ1v) is 9.32. The van der Waals surface area contributed by atoms with Gasteiger partial charge in [0.1, 0.15) is 6.33 Å². The van der Waals surface area contributed by atoms with Gasteiger partial charge in [-0.15, -0.1) is 10.2 Å². The van der Waals surface area contributed by atoms with Crippen LogP contribution in [0.1, 0.15) is 36.0 Å². The number of amides is 1. The van der Waals surface area contributed by atoms with Crippen LogP contribution in [-0.2, 0) is 4.74 Å². The lowest BCUT2D eigenvalue weighted by Crippen LogP contribution is -2.44. The maximum Gasteiger partial charge on any atom is 0.254 e. The molecule has 2 aromatic heterocycles. The van der Waals surface area contributed by atoms with Gasteiger partial charge in [-0.1, -0.05) is 12.1 Å². The van der Waals surface area contributed by atoms with E-state index in [2.05, 4.69) is 15.2 Å². The number of rotatable bonds is 5. The Morgan fingerprint density at radius 3 is 3.11 bits per heavy atom. The molecular formula is C20H23N5O2. The van der Waals surface area contributed by atoms with Crippen LogP contribution in [0, 0.1) is 0 Å². The van der Waals surface area contributed by atoms with Gasteiger partial charge < -0.3 is 9.64 Å². The maximum absolute atomic E-state index is 13.2. The monoisotopic (exact) mass is 365 g/mol. The maximum atomic E-state index is 13.2. The summed E-state index contributed by atoms with van der Waals surface area (Å²) in [5.41, 5.74) is 2.58. The van der Waals surface area contributed by atoms with Gasteiger partial charge in [0.25, 0.3) is 11.7 Å². The zero-order valence-corrected chi connectivity index (χ0v) is 15.4. The summed E-state index contributed by atoms with van der Waals surface area (Å²) in [5.74, 6) is 0.649. The third-order valence-electron chi connectivity index (χ3n) is 5.14. The van der Waals surface area contributed by atoms with Crippen LogP contribution in [0.2, 0.25) is 0 Å². The molecule has 140 valence electrons. The fourth-order valence-corrected chi connectivity index (χ4v) is 3.70. The van der Waals surface area contributed by atoms with E-state index in [1.54, 1.807) is 24.0 Å². The number of aromatic nitrogens is 4. The van der Waals surface area contributed by atoms with Crippen molar-refractivity contribution in [2.45, 2.75) is 31.7 Å². The summed E-state index contributed by atoms with van der Waals surface area (Å²) in [6.07, 6.45) is 9.46. The second-order valence-corrected chi connectivity index (χ2v) is 6.89. The lowest BCUT2D eigenvalue weighted by Gasteiger charge is -2.36. The first-order valence-electron chi connectivity index (χ1n) is 9.32. The Hall–Kier alpha value is -2.80.